The van der Waals surface area contributed by atoms with Gasteiger partial charge in [0.2, 0.25) is 5.91 Å². The molecule has 3 atom stereocenters. The van der Waals surface area contributed by atoms with Gasteiger partial charge in [-0.05, 0) is 42.5 Å². The topological polar surface area (TPSA) is 73.6 Å². The van der Waals surface area contributed by atoms with Gasteiger partial charge in [-0.15, -0.1) is 0 Å². The van der Waals surface area contributed by atoms with E-state index in [-0.39, 0.29) is 5.56 Å². The van der Waals surface area contributed by atoms with Crippen LogP contribution in [-0.4, -0.2) is 17.9 Å². The van der Waals surface area contributed by atoms with Gasteiger partial charge in [-0.1, -0.05) is 36.4 Å². The van der Waals surface area contributed by atoms with E-state index in [9.17, 15) is 14.0 Å². The number of halogens is 1. The van der Waals surface area contributed by atoms with Gasteiger partial charge in [0, 0.05) is 5.56 Å². The Labute approximate surface area is 177 Å². The van der Waals surface area contributed by atoms with E-state index in [1.165, 1.54) is 23.3 Å². The summed E-state index contributed by atoms with van der Waals surface area (Å²) in [6, 6.07) is 22.5. The number of amides is 2. The largest absolute Gasteiger partial charge is 0.273 e. The van der Waals surface area contributed by atoms with Crippen molar-refractivity contribution in [3.05, 3.63) is 95.8 Å². The minimum absolute atomic E-state index is 0.279. The smallest absolute Gasteiger partial charge is 0.266 e. The molecule has 2 aliphatic rings. The Bertz CT molecular complexity index is 1210. The molecule has 5 rings (SSSR count). The van der Waals surface area contributed by atoms with Gasteiger partial charge in [0.25, 0.3) is 5.91 Å². The van der Waals surface area contributed by atoms with Crippen molar-refractivity contribution in [2.24, 2.45) is 5.92 Å². The molecule has 0 aliphatic carbocycles. The maximum atomic E-state index is 14.8. The standard InChI is InChI=1S/C24H16FN3O3/c25-19-9-5-4-8-18(19)21-20-22(31-28(21)17-6-2-1-3-7-17)24(30)27(23(20)29)16-12-10-15(14-26)11-13-16/h1-13,20-22H/t20-,21+,22-/m1/s1. The number of para-hydroxylation sites is 1. The van der Waals surface area contributed by atoms with E-state index < -0.39 is 35.7 Å². The van der Waals surface area contributed by atoms with Crippen LogP contribution in [0, 0.1) is 23.1 Å². The highest BCUT2D eigenvalue weighted by Gasteiger charge is 2.60. The molecule has 2 saturated heterocycles. The summed E-state index contributed by atoms with van der Waals surface area (Å²) in [5, 5.41) is 10.5. The van der Waals surface area contributed by atoms with E-state index in [1.54, 1.807) is 54.6 Å². The molecule has 2 fully saturated rings. The van der Waals surface area contributed by atoms with Crippen LogP contribution in [0.5, 0.6) is 0 Å². The number of nitrogens with zero attached hydrogens (tertiary/aromatic N) is 3. The second kappa shape index (κ2) is 7.35. The highest BCUT2D eigenvalue weighted by molar-refractivity contribution is 6.23. The number of nitriles is 1. The van der Waals surface area contributed by atoms with Crippen molar-refractivity contribution in [3.8, 4) is 6.07 Å². The van der Waals surface area contributed by atoms with Gasteiger partial charge in [-0.2, -0.15) is 5.26 Å². The first-order chi connectivity index (χ1) is 15.1. The summed E-state index contributed by atoms with van der Waals surface area (Å²) in [5.74, 6) is -2.37. The summed E-state index contributed by atoms with van der Waals surface area (Å²) >= 11 is 0. The average Bonchev–Trinajstić information content (AvgIpc) is 3.31. The van der Waals surface area contributed by atoms with Gasteiger partial charge in [0.1, 0.15) is 11.7 Å². The maximum Gasteiger partial charge on any atom is 0.266 e. The molecule has 7 heteroatoms. The third-order valence-corrected chi connectivity index (χ3v) is 5.60. The van der Waals surface area contributed by atoms with Crippen LogP contribution in [0.1, 0.15) is 17.2 Å². The molecule has 152 valence electrons. The summed E-state index contributed by atoms with van der Waals surface area (Å²) in [5.41, 5.74) is 1.67. The fraction of sp³-hybridized carbons (Fsp3) is 0.125. The first kappa shape index (κ1) is 19.0. The molecule has 2 amide bonds. The van der Waals surface area contributed by atoms with Gasteiger partial charge < -0.3 is 0 Å². The molecule has 0 aromatic heterocycles. The van der Waals surface area contributed by atoms with E-state index >= 15 is 0 Å². The lowest BCUT2D eigenvalue weighted by Crippen LogP contribution is -2.37. The normalized spacial score (nSPS) is 22.5. The number of imide groups is 1. The summed E-state index contributed by atoms with van der Waals surface area (Å²) in [4.78, 5) is 33.7. The van der Waals surface area contributed by atoms with E-state index in [0.29, 0.717) is 16.9 Å². The molecule has 2 heterocycles. The predicted octanol–water partition coefficient (Wildman–Crippen LogP) is 3.75. The molecular formula is C24H16FN3O3. The second-order valence-corrected chi connectivity index (χ2v) is 7.35. The Morgan fingerprint density at radius 2 is 1.52 bits per heavy atom. The van der Waals surface area contributed by atoms with Gasteiger partial charge >= 0.3 is 0 Å². The van der Waals surface area contributed by atoms with E-state index in [2.05, 4.69) is 0 Å². The maximum absolute atomic E-state index is 14.8. The Kier molecular flexibility index (Phi) is 4.50. The highest BCUT2D eigenvalue weighted by atomic mass is 19.1. The minimum atomic E-state index is -1.08. The molecule has 0 saturated carbocycles. The van der Waals surface area contributed by atoms with Crippen molar-refractivity contribution >= 4 is 23.2 Å². The van der Waals surface area contributed by atoms with Gasteiger partial charge in [0.05, 0.1) is 29.0 Å². The van der Waals surface area contributed by atoms with E-state index in [0.717, 1.165) is 4.90 Å². The number of carbonyl (C=O) groups excluding carboxylic acids is 2. The van der Waals surface area contributed by atoms with Crippen LogP contribution in [-0.2, 0) is 14.4 Å². The van der Waals surface area contributed by atoms with Crippen molar-refractivity contribution in [2.75, 3.05) is 9.96 Å². The second-order valence-electron chi connectivity index (χ2n) is 7.35. The fourth-order valence-electron chi connectivity index (χ4n) is 4.18. The van der Waals surface area contributed by atoms with Gasteiger partial charge in [-0.25, -0.2) is 14.4 Å². The van der Waals surface area contributed by atoms with Crippen molar-refractivity contribution in [2.45, 2.75) is 12.1 Å². The molecule has 0 radical (unpaired) electrons. The summed E-state index contributed by atoms with van der Waals surface area (Å²) in [7, 11) is 0. The molecule has 0 N–H and O–H groups in total. The predicted molar refractivity (Wildman–Crippen MR) is 110 cm³/mol. The molecule has 0 spiro atoms. The molecule has 0 unspecified atom stereocenters. The molecular weight excluding hydrogens is 397 g/mol. The zero-order chi connectivity index (χ0) is 21.5. The van der Waals surface area contributed by atoms with Crippen LogP contribution in [0.4, 0.5) is 15.8 Å². The number of hydroxylamine groups is 1. The summed E-state index contributed by atoms with van der Waals surface area (Å²) in [6.07, 6.45) is -1.08. The number of anilines is 2. The number of benzene rings is 3. The summed E-state index contributed by atoms with van der Waals surface area (Å²) in [6.45, 7) is 0. The summed E-state index contributed by atoms with van der Waals surface area (Å²) < 4.78 is 14.8. The van der Waals surface area contributed by atoms with Crippen LogP contribution in [0.15, 0.2) is 78.9 Å². The number of rotatable bonds is 3. The third kappa shape index (κ3) is 2.97. The van der Waals surface area contributed by atoms with E-state index in [1.807, 2.05) is 12.1 Å². The van der Waals surface area contributed by atoms with Gasteiger partial charge in [-0.3, -0.25) is 14.4 Å². The average molecular weight is 413 g/mol. The number of hydrogen-bond donors (Lipinski definition) is 0. The Balaban J connectivity index is 1.59. The lowest BCUT2D eigenvalue weighted by Gasteiger charge is -2.29. The van der Waals surface area contributed by atoms with Crippen LogP contribution in [0.2, 0.25) is 0 Å². The Morgan fingerprint density at radius 1 is 0.839 bits per heavy atom. The lowest BCUT2D eigenvalue weighted by atomic mass is 9.90. The van der Waals surface area contributed by atoms with Crippen molar-refractivity contribution < 1.29 is 18.8 Å². The first-order valence-corrected chi connectivity index (χ1v) is 9.73. The SMILES string of the molecule is N#Cc1ccc(N2C(=O)[C@H]3[C@@H](ON(c4ccccc4)[C@H]3c3ccccc3F)C2=O)cc1. The van der Waals surface area contributed by atoms with Crippen LogP contribution >= 0.6 is 0 Å². The number of carbonyl (C=O) groups is 2. The van der Waals surface area contributed by atoms with E-state index in [4.69, 9.17) is 10.1 Å². The van der Waals surface area contributed by atoms with Crippen LogP contribution in [0.25, 0.3) is 0 Å². The third-order valence-electron chi connectivity index (χ3n) is 5.60. The zero-order valence-corrected chi connectivity index (χ0v) is 16.2. The zero-order valence-electron chi connectivity index (χ0n) is 16.2. The minimum Gasteiger partial charge on any atom is -0.273 e. The molecule has 31 heavy (non-hydrogen) atoms. The Hall–Kier alpha value is -4.02. The molecule has 2 aliphatic heterocycles. The van der Waals surface area contributed by atoms with Crippen LogP contribution in [0.3, 0.4) is 0 Å². The fourth-order valence-corrected chi connectivity index (χ4v) is 4.18. The number of hydrogen-bond acceptors (Lipinski definition) is 5. The van der Waals surface area contributed by atoms with Crippen molar-refractivity contribution in [1.82, 2.24) is 0 Å². The Morgan fingerprint density at radius 3 is 2.19 bits per heavy atom. The molecule has 0 bridgehead atoms. The first-order valence-electron chi connectivity index (χ1n) is 9.73. The highest BCUT2D eigenvalue weighted by Crippen LogP contribution is 2.48. The molecule has 6 nitrogen and oxygen atoms in total. The van der Waals surface area contributed by atoms with Crippen molar-refractivity contribution in [1.29, 1.82) is 5.26 Å². The monoisotopic (exact) mass is 413 g/mol. The molecule has 3 aromatic carbocycles. The van der Waals surface area contributed by atoms with Gasteiger partial charge in [0.15, 0.2) is 6.10 Å². The van der Waals surface area contributed by atoms with Crippen molar-refractivity contribution in [3.63, 3.8) is 0 Å². The number of fused-ring (bicyclic) bond motifs is 1. The van der Waals surface area contributed by atoms with Crippen LogP contribution < -0.4 is 9.96 Å². The molecule has 3 aromatic rings. The quantitative estimate of drug-likeness (QED) is 0.612. The lowest BCUT2D eigenvalue weighted by molar-refractivity contribution is -0.126.